The zero-order valence-electron chi connectivity index (χ0n) is 16.6. The monoisotopic (exact) mass is 394 g/mol. The first-order chi connectivity index (χ1) is 13.0. The molecular formula is C21H30O7. The quantitative estimate of drug-likeness (QED) is 0.474. The average Bonchev–Trinajstić information content (AvgIpc) is 2.75. The van der Waals surface area contributed by atoms with Crippen LogP contribution in [0.15, 0.2) is 12.2 Å². The van der Waals surface area contributed by atoms with E-state index < -0.39 is 70.2 Å². The summed E-state index contributed by atoms with van der Waals surface area (Å²) in [5, 5.41) is 45.9. The molecule has 2 spiro atoms. The minimum Gasteiger partial charge on any atom is -0.392 e. The summed E-state index contributed by atoms with van der Waals surface area (Å²) in [6.45, 7) is 7.91. The van der Waals surface area contributed by atoms with E-state index in [9.17, 15) is 25.2 Å². The highest BCUT2D eigenvalue weighted by molar-refractivity contribution is 6.05. The van der Waals surface area contributed by atoms with E-state index in [1.54, 1.807) is 0 Å². The lowest BCUT2D eigenvalue weighted by molar-refractivity contribution is -0.509. The Balaban J connectivity index is 1.85. The molecule has 0 aromatic rings. The van der Waals surface area contributed by atoms with Crippen molar-refractivity contribution in [1.82, 2.24) is 0 Å². The molecule has 2 saturated heterocycles. The number of aliphatic hydroxyl groups is 4. The first kappa shape index (κ1) is 19.2. The van der Waals surface area contributed by atoms with Gasteiger partial charge in [0.05, 0.1) is 17.6 Å². The van der Waals surface area contributed by atoms with Gasteiger partial charge in [0.2, 0.25) is 5.79 Å². The van der Waals surface area contributed by atoms with Gasteiger partial charge >= 0.3 is 0 Å². The molecule has 10 atom stereocenters. The van der Waals surface area contributed by atoms with Crippen molar-refractivity contribution in [2.45, 2.75) is 69.9 Å². The van der Waals surface area contributed by atoms with Crippen LogP contribution in [0.2, 0.25) is 0 Å². The minimum atomic E-state index is -2.30. The van der Waals surface area contributed by atoms with Gasteiger partial charge in [-0.3, -0.25) is 4.79 Å². The number of fused-ring (bicyclic) bond motifs is 2. The smallest absolute Gasteiger partial charge is 0.211 e. The summed E-state index contributed by atoms with van der Waals surface area (Å²) in [6.07, 6.45) is -2.32. The highest BCUT2D eigenvalue weighted by atomic mass is 16.8. The van der Waals surface area contributed by atoms with Gasteiger partial charge in [0.25, 0.3) is 0 Å². The number of hydrogen-bond acceptors (Lipinski definition) is 7. The van der Waals surface area contributed by atoms with E-state index in [-0.39, 0.29) is 5.57 Å². The third kappa shape index (κ3) is 1.59. The largest absolute Gasteiger partial charge is 0.392 e. The van der Waals surface area contributed by atoms with Gasteiger partial charge in [-0.25, -0.2) is 0 Å². The molecule has 2 aliphatic heterocycles. The van der Waals surface area contributed by atoms with E-state index in [0.29, 0.717) is 25.7 Å². The maximum atomic E-state index is 13.5. The fourth-order valence-corrected chi connectivity index (χ4v) is 8.19. The second-order valence-corrected chi connectivity index (χ2v) is 10.3. The number of carbonyl (C=O) groups excluding carboxylic acids is 1. The van der Waals surface area contributed by atoms with Crippen molar-refractivity contribution in [1.29, 1.82) is 0 Å². The molecule has 6 aliphatic rings. The molecule has 1 unspecified atom stereocenters. The van der Waals surface area contributed by atoms with E-state index in [0.717, 1.165) is 0 Å². The fraction of sp³-hybridized carbons (Fsp3) is 0.857. The molecule has 6 rings (SSSR count). The van der Waals surface area contributed by atoms with Crippen molar-refractivity contribution < 1.29 is 34.7 Å². The maximum absolute atomic E-state index is 13.5. The van der Waals surface area contributed by atoms with E-state index in [1.165, 1.54) is 7.11 Å². The number of aliphatic hydroxyl groups excluding tert-OH is 3. The normalized spacial score (nSPS) is 59.2. The van der Waals surface area contributed by atoms with Crippen molar-refractivity contribution in [3.05, 3.63) is 12.2 Å². The third-order valence-corrected chi connectivity index (χ3v) is 9.12. The first-order valence-corrected chi connectivity index (χ1v) is 10.2. The summed E-state index contributed by atoms with van der Waals surface area (Å²) < 4.78 is 11.6. The number of Topliss-reactive ketones (excluding diaryl/α,β-unsaturated/α-hetero) is 1. The summed E-state index contributed by atoms with van der Waals surface area (Å²) in [5.41, 5.74) is -2.98. The van der Waals surface area contributed by atoms with Crippen LogP contribution in [0.3, 0.4) is 0 Å². The lowest BCUT2D eigenvalue weighted by Crippen LogP contribution is -2.87. The van der Waals surface area contributed by atoms with Gasteiger partial charge in [0.1, 0.15) is 11.5 Å². The summed E-state index contributed by atoms with van der Waals surface area (Å²) in [4.78, 5) is 13.5. The fourth-order valence-electron chi connectivity index (χ4n) is 8.19. The van der Waals surface area contributed by atoms with Gasteiger partial charge in [-0.1, -0.05) is 20.4 Å². The second kappa shape index (κ2) is 5.25. The Morgan fingerprint density at radius 2 is 1.82 bits per heavy atom. The lowest BCUT2D eigenvalue weighted by Gasteiger charge is -2.76. The third-order valence-electron chi connectivity index (χ3n) is 9.12. The Morgan fingerprint density at radius 3 is 2.46 bits per heavy atom. The van der Waals surface area contributed by atoms with Gasteiger partial charge in [-0.05, 0) is 42.6 Å². The minimum absolute atomic E-state index is 0.276. The second-order valence-electron chi connectivity index (χ2n) is 10.3. The number of methoxy groups -OCH3 is 1. The molecule has 0 aromatic heterocycles. The molecule has 28 heavy (non-hydrogen) atoms. The number of ketones is 1. The van der Waals surface area contributed by atoms with Crippen LogP contribution in [-0.4, -0.2) is 63.7 Å². The molecule has 0 radical (unpaired) electrons. The summed E-state index contributed by atoms with van der Waals surface area (Å²) in [6, 6.07) is 0. The van der Waals surface area contributed by atoms with Crippen molar-refractivity contribution in [3.63, 3.8) is 0 Å². The predicted octanol–water partition coefficient (Wildman–Crippen LogP) is 0.348. The molecule has 7 nitrogen and oxygen atoms in total. The molecule has 4 aliphatic carbocycles. The van der Waals surface area contributed by atoms with Gasteiger partial charge in [-0.2, -0.15) is 0 Å². The van der Waals surface area contributed by atoms with Crippen LogP contribution in [0, 0.1) is 34.0 Å². The average molecular weight is 394 g/mol. The Kier molecular flexibility index (Phi) is 3.59. The van der Waals surface area contributed by atoms with E-state index in [4.69, 9.17) is 9.47 Å². The standard InChI is InChI=1S/C21H30O7/c1-9-10-5-6-11-19-12(22)7-8-18(2,3)13(19)16(25)21(26,28-17(19)27-4)20(11,14(9)23)15(10)24/h10-13,15-17,22,24-26H,1,5-8H2,2-4H3/t10-,11-,12-,13+,15+,16-,17?,19-,20-,21-/m0/s1. The van der Waals surface area contributed by atoms with Gasteiger partial charge in [0, 0.05) is 18.9 Å². The van der Waals surface area contributed by atoms with Gasteiger partial charge in [0.15, 0.2) is 12.1 Å². The van der Waals surface area contributed by atoms with Crippen LogP contribution in [0.5, 0.6) is 0 Å². The molecule has 7 heteroatoms. The van der Waals surface area contributed by atoms with Crippen molar-refractivity contribution in [2.24, 2.45) is 34.0 Å². The van der Waals surface area contributed by atoms with E-state index >= 15 is 0 Å². The molecular weight excluding hydrogens is 364 g/mol. The molecule has 156 valence electrons. The highest BCUT2D eigenvalue weighted by Crippen LogP contribution is 2.77. The first-order valence-electron chi connectivity index (χ1n) is 10.2. The van der Waals surface area contributed by atoms with Crippen LogP contribution >= 0.6 is 0 Å². The molecule has 0 aromatic carbocycles. The van der Waals surface area contributed by atoms with Crippen LogP contribution < -0.4 is 0 Å². The number of ether oxygens (including phenoxy) is 2. The van der Waals surface area contributed by atoms with Gasteiger partial charge in [-0.15, -0.1) is 0 Å². The Morgan fingerprint density at radius 1 is 1.14 bits per heavy atom. The number of rotatable bonds is 1. The highest BCUT2D eigenvalue weighted by Gasteiger charge is 2.89. The topological polar surface area (TPSA) is 116 Å². The van der Waals surface area contributed by atoms with Crippen LogP contribution in [0.25, 0.3) is 0 Å². The summed E-state index contributed by atoms with van der Waals surface area (Å²) >= 11 is 0. The molecule has 6 fully saturated rings. The van der Waals surface area contributed by atoms with Crippen molar-refractivity contribution in [3.8, 4) is 0 Å². The summed E-state index contributed by atoms with van der Waals surface area (Å²) in [5.74, 6) is -4.34. The number of hydrogen-bond donors (Lipinski definition) is 4. The number of carbonyl (C=O) groups is 1. The molecule has 0 amide bonds. The predicted molar refractivity (Wildman–Crippen MR) is 96.6 cm³/mol. The summed E-state index contributed by atoms with van der Waals surface area (Å²) in [7, 11) is 1.45. The van der Waals surface area contributed by atoms with Crippen molar-refractivity contribution in [2.75, 3.05) is 7.11 Å². The maximum Gasteiger partial charge on any atom is 0.211 e. The zero-order valence-corrected chi connectivity index (χ0v) is 16.6. The molecule has 2 heterocycles. The zero-order chi connectivity index (χ0) is 20.4. The molecule has 4 saturated carbocycles. The van der Waals surface area contributed by atoms with Gasteiger partial charge < -0.3 is 29.9 Å². The molecule has 4 N–H and O–H groups in total. The van der Waals surface area contributed by atoms with Crippen LogP contribution in [-0.2, 0) is 14.3 Å². The van der Waals surface area contributed by atoms with Crippen molar-refractivity contribution >= 4 is 5.78 Å². The lowest BCUT2D eigenvalue weighted by atomic mass is 9.35. The Bertz CT molecular complexity index is 764. The van der Waals surface area contributed by atoms with Crippen LogP contribution in [0.1, 0.15) is 39.5 Å². The molecule has 4 bridgehead atoms. The Labute approximate surface area is 164 Å². The Hall–Kier alpha value is -0.830. The van der Waals surface area contributed by atoms with Crippen LogP contribution in [0.4, 0.5) is 0 Å². The van der Waals surface area contributed by atoms with E-state index in [1.807, 2.05) is 13.8 Å². The van der Waals surface area contributed by atoms with E-state index in [2.05, 4.69) is 6.58 Å². The SMILES string of the molecule is C=C1C(=O)[C@]23[C@H](O)[C@H]1CC[C@H]2[C@@]12C(OC)O[C@@]3(O)[C@@H](O)[C@@H]1C(C)(C)CC[C@@H]2O.